The standard InChI is InChI=1S/C19H18O7/c1-22-16-7-11-12(20)8-14(26-15(11)9-13(16)21)10-5-17(23-2)19(25-4)18(6-10)24-3/h5-9,21H,1-4H3. The second kappa shape index (κ2) is 6.87. The third-order valence-corrected chi connectivity index (χ3v) is 3.98. The molecule has 0 saturated carbocycles. The lowest BCUT2D eigenvalue weighted by molar-refractivity contribution is 0.324. The van der Waals surface area contributed by atoms with Crippen molar-refractivity contribution in [1.29, 1.82) is 0 Å². The molecule has 1 N–H and O–H groups in total. The summed E-state index contributed by atoms with van der Waals surface area (Å²) in [4.78, 5) is 12.5. The van der Waals surface area contributed by atoms with Crippen molar-refractivity contribution < 1.29 is 28.5 Å². The Morgan fingerprint density at radius 2 is 1.42 bits per heavy atom. The van der Waals surface area contributed by atoms with Gasteiger partial charge in [0, 0.05) is 17.7 Å². The van der Waals surface area contributed by atoms with Gasteiger partial charge >= 0.3 is 0 Å². The number of fused-ring (bicyclic) bond motifs is 1. The fourth-order valence-electron chi connectivity index (χ4n) is 2.70. The maximum Gasteiger partial charge on any atom is 0.203 e. The van der Waals surface area contributed by atoms with Crippen molar-refractivity contribution in [3.05, 3.63) is 40.6 Å². The van der Waals surface area contributed by atoms with Crippen LogP contribution < -0.4 is 24.4 Å². The maximum absolute atomic E-state index is 12.5. The Bertz CT molecular complexity index is 995. The van der Waals surface area contributed by atoms with Crippen LogP contribution in [-0.4, -0.2) is 33.5 Å². The molecule has 0 atom stereocenters. The van der Waals surface area contributed by atoms with Crippen molar-refractivity contribution >= 4 is 11.0 Å². The van der Waals surface area contributed by atoms with E-state index in [-0.39, 0.29) is 22.5 Å². The van der Waals surface area contributed by atoms with Crippen LogP contribution in [0.3, 0.4) is 0 Å². The largest absolute Gasteiger partial charge is 0.504 e. The van der Waals surface area contributed by atoms with Gasteiger partial charge in [-0.05, 0) is 18.2 Å². The minimum absolute atomic E-state index is 0.120. The third kappa shape index (κ3) is 2.88. The van der Waals surface area contributed by atoms with Crippen LogP contribution in [0.15, 0.2) is 39.5 Å². The van der Waals surface area contributed by atoms with Gasteiger partial charge in [0.1, 0.15) is 11.3 Å². The number of ether oxygens (including phenoxy) is 4. The topological polar surface area (TPSA) is 87.4 Å². The number of hydrogen-bond donors (Lipinski definition) is 1. The van der Waals surface area contributed by atoms with E-state index < -0.39 is 0 Å². The molecule has 0 spiro atoms. The van der Waals surface area contributed by atoms with E-state index in [1.165, 1.54) is 46.6 Å². The first kappa shape index (κ1) is 17.5. The maximum atomic E-state index is 12.5. The smallest absolute Gasteiger partial charge is 0.203 e. The van der Waals surface area contributed by atoms with Crippen molar-refractivity contribution in [1.82, 2.24) is 0 Å². The van der Waals surface area contributed by atoms with E-state index in [0.717, 1.165) is 0 Å². The summed E-state index contributed by atoms with van der Waals surface area (Å²) >= 11 is 0. The molecule has 0 bridgehead atoms. The summed E-state index contributed by atoms with van der Waals surface area (Å²) in [6, 6.07) is 7.50. The van der Waals surface area contributed by atoms with E-state index in [4.69, 9.17) is 23.4 Å². The van der Waals surface area contributed by atoms with Crippen molar-refractivity contribution in [3.63, 3.8) is 0 Å². The SMILES string of the molecule is COc1cc2c(=O)cc(-c3cc(OC)c(OC)c(OC)c3)oc2cc1O. The monoisotopic (exact) mass is 358 g/mol. The van der Waals surface area contributed by atoms with Crippen LogP contribution >= 0.6 is 0 Å². The van der Waals surface area contributed by atoms with Crippen molar-refractivity contribution in [3.8, 4) is 40.1 Å². The zero-order valence-corrected chi connectivity index (χ0v) is 14.8. The molecule has 136 valence electrons. The number of benzene rings is 2. The van der Waals surface area contributed by atoms with Crippen molar-refractivity contribution in [2.24, 2.45) is 0 Å². The van der Waals surface area contributed by atoms with Gasteiger partial charge in [0.2, 0.25) is 5.75 Å². The van der Waals surface area contributed by atoms with Crippen LogP contribution in [0.5, 0.6) is 28.7 Å². The van der Waals surface area contributed by atoms with Gasteiger partial charge in [-0.2, -0.15) is 0 Å². The minimum atomic E-state index is -0.270. The average molecular weight is 358 g/mol. The molecule has 0 saturated heterocycles. The van der Waals surface area contributed by atoms with E-state index in [9.17, 15) is 9.90 Å². The average Bonchev–Trinajstić information content (AvgIpc) is 2.65. The first-order chi connectivity index (χ1) is 12.5. The van der Waals surface area contributed by atoms with Gasteiger partial charge in [0.15, 0.2) is 28.4 Å². The predicted molar refractivity (Wildman–Crippen MR) is 95.8 cm³/mol. The number of phenols is 1. The first-order valence-electron chi connectivity index (χ1n) is 7.67. The molecule has 3 aromatic rings. The normalized spacial score (nSPS) is 10.6. The third-order valence-electron chi connectivity index (χ3n) is 3.98. The Morgan fingerprint density at radius 3 is 1.96 bits per heavy atom. The molecular formula is C19H18O7. The lowest BCUT2D eigenvalue weighted by Crippen LogP contribution is -2.01. The molecule has 0 unspecified atom stereocenters. The van der Waals surface area contributed by atoms with Crippen LogP contribution in [0.25, 0.3) is 22.3 Å². The van der Waals surface area contributed by atoms with Gasteiger partial charge in [-0.3, -0.25) is 4.79 Å². The summed E-state index contributed by atoms with van der Waals surface area (Å²) in [5, 5.41) is 10.3. The van der Waals surface area contributed by atoms with E-state index >= 15 is 0 Å². The Kier molecular flexibility index (Phi) is 4.62. The molecule has 7 heteroatoms. The molecule has 0 radical (unpaired) electrons. The number of methoxy groups -OCH3 is 4. The van der Waals surface area contributed by atoms with Gasteiger partial charge in [-0.1, -0.05) is 0 Å². The quantitative estimate of drug-likeness (QED) is 0.749. The number of phenolic OH excluding ortho intramolecular Hbond substituents is 1. The zero-order chi connectivity index (χ0) is 18.8. The summed E-state index contributed by atoms with van der Waals surface area (Å²) in [7, 11) is 5.92. The van der Waals surface area contributed by atoms with Gasteiger partial charge in [-0.15, -0.1) is 0 Å². The highest BCUT2D eigenvalue weighted by Crippen LogP contribution is 2.41. The Hall–Kier alpha value is -3.35. The summed E-state index contributed by atoms with van der Waals surface area (Å²) in [5.41, 5.74) is 0.529. The number of rotatable bonds is 5. The van der Waals surface area contributed by atoms with E-state index in [1.807, 2.05) is 0 Å². The Balaban J connectivity index is 2.24. The second-order valence-corrected chi connectivity index (χ2v) is 5.41. The molecule has 0 aliphatic rings. The second-order valence-electron chi connectivity index (χ2n) is 5.41. The van der Waals surface area contributed by atoms with Crippen molar-refractivity contribution in [2.45, 2.75) is 0 Å². The summed E-state index contributed by atoms with van der Waals surface area (Å²) in [5.74, 6) is 1.68. The Morgan fingerprint density at radius 1 is 0.808 bits per heavy atom. The molecular weight excluding hydrogens is 340 g/mol. The molecule has 26 heavy (non-hydrogen) atoms. The lowest BCUT2D eigenvalue weighted by atomic mass is 10.1. The molecule has 0 amide bonds. The molecule has 2 aromatic carbocycles. The highest BCUT2D eigenvalue weighted by Gasteiger charge is 2.17. The molecule has 0 fully saturated rings. The highest BCUT2D eigenvalue weighted by molar-refractivity contribution is 5.82. The predicted octanol–water partition coefficient (Wildman–Crippen LogP) is 3.20. The van der Waals surface area contributed by atoms with Gasteiger partial charge in [0.25, 0.3) is 0 Å². The molecule has 1 aromatic heterocycles. The molecule has 1 heterocycles. The van der Waals surface area contributed by atoms with Crippen LogP contribution in [0.4, 0.5) is 0 Å². The van der Waals surface area contributed by atoms with Crippen LogP contribution in [0, 0.1) is 0 Å². The summed E-state index contributed by atoms with van der Waals surface area (Å²) in [6.07, 6.45) is 0. The van der Waals surface area contributed by atoms with Crippen LogP contribution in [0.1, 0.15) is 0 Å². The molecule has 7 nitrogen and oxygen atoms in total. The Labute approximate surface area is 149 Å². The molecule has 0 aliphatic heterocycles. The fourth-order valence-corrected chi connectivity index (χ4v) is 2.70. The molecule has 3 rings (SSSR count). The van der Waals surface area contributed by atoms with Gasteiger partial charge in [-0.25, -0.2) is 0 Å². The minimum Gasteiger partial charge on any atom is -0.504 e. The van der Waals surface area contributed by atoms with Crippen LogP contribution in [0.2, 0.25) is 0 Å². The summed E-state index contributed by atoms with van der Waals surface area (Å²) in [6.45, 7) is 0. The zero-order valence-electron chi connectivity index (χ0n) is 14.8. The van der Waals surface area contributed by atoms with Crippen molar-refractivity contribution in [2.75, 3.05) is 28.4 Å². The number of aromatic hydroxyl groups is 1. The summed E-state index contributed by atoms with van der Waals surface area (Å²) < 4.78 is 26.8. The van der Waals surface area contributed by atoms with E-state index in [1.54, 1.807) is 12.1 Å². The highest BCUT2D eigenvalue weighted by atomic mass is 16.5. The van der Waals surface area contributed by atoms with Gasteiger partial charge in [0.05, 0.1) is 33.8 Å². The lowest BCUT2D eigenvalue weighted by Gasteiger charge is -2.14. The number of hydrogen-bond acceptors (Lipinski definition) is 7. The van der Waals surface area contributed by atoms with E-state index in [0.29, 0.717) is 34.0 Å². The first-order valence-corrected chi connectivity index (χ1v) is 7.67. The van der Waals surface area contributed by atoms with Crippen LogP contribution in [-0.2, 0) is 0 Å². The van der Waals surface area contributed by atoms with Gasteiger partial charge < -0.3 is 28.5 Å². The molecule has 0 aliphatic carbocycles. The fraction of sp³-hybridized carbons (Fsp3) is 0.211. The van der Waals surface area contributed by atoms with E-state index in [2.05, 4.69) is 0 Å².